The van der Waals surface area contributed by atoms with Gasteiger partial charge in [-0.05, 0) is 55.2 Å². The predicted octanol–water partition coefficient (Wildman–Crippen LogP) is 6.39. The van der Waals surface area contributed by atoms with Gasteiger partial charge in [0, 0.05) is 23.5 Å². The molecule has 31 heavy (non-hydrogen) atoms. The van der Waals surface area contributed by atoms with Crippen molar-refractivity contribution in [3.63, 3.8) is 0 Å². The van der Waals surface area contributed by atoms with Crippen LogP contribution in [0.15, 0.2) is 72.9 Å². The van der Waals surface area contributed by atoms with Crippen LogP contribution in [0.25, 0.3) is 23.0 Å². The summed E-state index contributed by atoms with van der Waals surface area (Å²) < 4.78 is 2.02. The quantitative estimate of drug-likeness (QED) is 0.388. The largest absolute Gasteiger partial charge is 0.322 e. The van der Waals surface area contributed by atoms with Gasteiger partial charge in [-0.1, -0.05) is 61.9 Å². The second-order valence-corrected chi connectivity index (χ2v) is 8.21. The van der Waals surface area contributed by atoms with Crippen LogP contribution in [0.4, 0.5) is 5.69 Å². The normalized spacial score (nSPS) is 11.5. The summed E-state index contributed by atoms with van der Waals surface area (Å²) in [4.78, 5) is 17.6. The highest BCUT2D eigenvalue weighted by atomic mass is 16.1. The van der Waals surface area contributed by atoms with Gasteiger partial charge in [-0.2, -0.15) is 0 Å². The third kappa shape index (κ3) is 4.43. The van der Waals surface area contributed by atoms with Crippen molar-refractivity contribution in [1.29, 1.82) is 0 Å². The number of anilines is 1. The average molecular weight is 410 g/mol. The second-order valence-electron chi connectivity index (χ2n) is 8.21. The van der Waals surface area contributed by atoms with Crippen LogP contribution in [0.1, 0.15) is 42.1 Å². The van der Waals surface area contributed by atoms with Gasteiger partial charge in [0.05, 0.1) is 11.4 Å². The Morgan fingerprint density at radius 2 is 1.74 bits per heavy atom. The van der Waals surface area contributed by atoms with Crippen LogP contribution in [0.2, 0.25) is 0 Å². The molecular weight excluding hydrogens is 382 g/mol. The predicted molar refractivity (Wildman–Crippen MR) is 128 cm³/mol. The number of aromatic nitrogens is 2. The lowest BCUT2D eigenvalue weighted by Gasteiger charge is -2.12. The summed E-state index contributed by atoms with van der Waals surface area (Å²) in [6.07, 6.45) is 5.43. The first-order valence-corrected chi connectivity index (χ1v) is 10.6. The van der Waals surface area contributed by atoms with E-state index in [-0.39, 0.29) is 5.91 Å². The number of fused-ring (bicyclic) bond motifs is 1. The second kappa shape index (κ2) is 8.60. The first-order valence-electron chi connectivity index (χ1n) is 10.6. The van der Waals surface area contributed by atoms with Crippen molar-refractivity contribution >= 4 is 23.3 Å². The van der Waals surface area contributed by atoms with Gasteiger partial charge in [0.2, 0.25) is 5.91 Å². The maximum atomic E-state index is 12.7. The molecule has 0 fully saturated rings. The lowest BCUT2D eigenvalue weighted by atomic mass is 10.0. The molecule has 4 heteroatoms. The lowest BCUT2D eigenvalue weighted by Crippen LogP contribution is -2.10. The van der Waals surface area contributed by atoms with Crippen molar-refractivity contribution < 1.29 is 4.79 Å². The molecule has 4 rings (SSSR count). The number of pyridine rings is 1. The Labute approximate surface area is 183 Å². The monoisotopic (exact) mass is 409 g/mol. The molecule has 0 unspecified atom stereocenters. The molecule has 2 aromatic carbocycles. The molecule has 1 N–H and O–H groups in total. The molecule has 1 amide bonds. The average Bonchev–Trinajstić information content (AvgIpc) is 3.10. The van der Waals surface area contributed by atoms with Crippen LogP contribution >= 0.6 is 0 Å². The molecule has 4 aromatic rings. The van der Waals surface area contributed by atoms with E-state index in [2.05, 4.69) is 57.3 Å². The smallest absolute Gasteiger partial charge is 0.248 e. The number of amides is 1. The van der Waals surface area contributed by atoms with E-state index in [9.17, 15) is 4.79 Å². The van der Waals surface area contributed by atoms with Crippen LogP contribution in [-0.2, 0) is 4.79 Å². The van der Waals surface area contributed by atoms with Crippen molar-refractivity contribution in [2.75, 3.05) is 5.32 Å². The third-order valence-electron chi connectivity index (χ3n) is 5.38. The molecule has 0 radical (unpaired) electrons. The summed E-state index contributed by atoms with van der Waals surface area (Å²) in [5, 5.41) is 3.02. The molecular formula is C27H27N3O. The molecule has 0 aliphatic rings. The Morgan fingerprint density at radius 1 is 1.00 bits per heavy atom. The topological polar surface area (TPSA) is 46.4 Å². The fourth-order valence-electron chi connectivity index (χ4n) is 3.69. The highest BCUT2D eigenvalue weighted by molar-refractivity contribution is 6.02. The molecule has 2 aromatic heterocycles. The summed E-state index contributed by atoms with van der Waals surface area (Å²) >= 11 is 0. The maximum absolute atomic E-state index is 12.7. The van der Waals surface area contributed by atoms with Crippen molar-refractivity contribution in [3.8, 4) is 11.3 Å². The van der Waals surface area contributed by atoms with Gasteiger partial charge in [-0.15, -0.1) is 0 Å². The number of hydrogen-bond acceptors (Lipinski definition) is 2. The maximum Gasteiger partial charge on any atom is 0.248 e. The van der Waals surface area contributed by atoms with E-state index in [0.29, 0.717) is 5.92 Å². The molecule has 0 saturated carbocycles. The fourth-order valence-corrected chi connectivity index (χ4v) is 3.69. The van der Waals surface area contributed by atoms with Crippen LogP contribution in [0.3, 0.4) is 0 Å². The van der Waals surface area contributed by atoms with Gasteiger partial charge in [0.25, 0.3) is 0 Å². The molecule has 0 atom stereocenters. The Morgan fingerprint density at radius 3 is 2.48 bits per heavy atom. The summed E-state index contributed by atoms with van der Waals surface area (Å²) in [6.45, 7) is 8.36. The van der Waals surface area contributed by atoms with E-state index in [1.807, 2.05) is 53.1 Å². The molecule has 4 nitrogen and oxygen atoms in total. The lowest BCUT2D eigenvalue weighted by molar-refractivity contribution is -0.111. The highest BCUT2D eigenvalue weighted by Crippen LogP contribution is 2.27. The standard InChI is InChI=1S/C27H27N3O/c1-18(2)22-7-5-6-8-23(22)28-26(31)14-13-24-27(21-11-9-19(3)10-12-21)29-25-17-20(4)15-16-30(24)25/h5-18H,1-4H3,(H,28,31)/b14-13+. The van der Waals surface area contributed by atoms with Crippen molar-refractivity contribution in [1.82, 2.24) is 9.38 Å². The van der Waals surface area contributed by atoms with Crippen LogP contribution in [0, 0.1) is 13.8 Å². The van der Waals surface area contributed by atoms with Gasteiger partial charge in [0.1, 0.15) is 5.65 Å². The van der Waals surface area contributed by atoms with E-state index < -0.39 is 0 Å². The molecule has 0 aliphatic heterocycles. The highest BCUT2D eigenvalue weighted by Gasteiger charge is 2.13. The first kappa shape index (κ1) is 20.6. The number of benzene rings is 2. The number of rotatable bonds is 5. The number of hydrogen-bond donors (Lipinski definition) is 1. The zero-order chi connectivity index (χ0) is 22.0. The minimum Gasteiger partial charge on any atom is -0.322 e. The summed E-state index contributed by atoms with van der Waals surface area (Å²) in [7, 11) is 0. The molecule has 2 heterocycles. The minimum atomic E-state index is -0.162. The summed E-state index contributed by atoms with van der Waals surface area (Å²) in [5.41, 5.74) is 7.94. The molecule has 156 valence electrons. The number of nitrogens with zero attached hydrogens (tertiary/aromatic N) is 2. The van der Waals surface area contributed by atoms with Crippen molar-refractivity contribution in [3.05, 3.63) is 95.3 Å². The zero-order valence-electron chi connectivity index (χ0n) is 18.4. The Kier molecular flexibility index (Phi) is 5.72. The van der Waals surface area contributed by atoms with Gasteiger partial charge in [-0.3, -0.25) is 9.20 Å². The van der Waals surface area contributed by atoms with E-state index in [1.165, 1.54) is 5.56 Å². The number of carbonyl (C=O) groups is 1. The van der Waals surface area contributed by atoms with Gasteiger partial charge in [0.15, 0.2) is 0 Å². The Bertz CT molecular complexity index is 1260. The van der Waals surface area contributed by atoms with E-state index in [0.717, 1.165) is 39.4 Å². The van der Waals surface area contributed by atoms with Gasteiger partial charge < -0.3 is 5.32 Å². The number of nitrogens with one attached hydrogen (secondary N) is 1. The minimum absolute atomic E-state index is 0.162. The Balaban J connectivity index is 1.70. The van der Waals surface area contributed by atoms with E-state index >= 15 is 0 Å². The van der Waals surface area contributed by atoms with Crippen LogP contribution < -0.4 is 5.32 Å². The molecule has 0 bridgehead atoms. The first-order chi connectivity index (χ1) is 14.9. The number of carbonyl (C=O) groups excluding carboxylic acids is 1. The molecule has 0 aliphatic carbocycles. The van der Waals surface area contributed by atoms with Crippen molar-refractivity contribution in [2.45, 2.75) is 33.6 Å². The van der Waals surface area contributed by atoms with E-state index in [4.69, 9.17) is 4.98 Å². The van der Waals surface area contributed by atoms with Gasteiger partial charge >= 0.3 is 0 Å². The third-order valence-corrected chi connectivity index (χ3v) is 5.38. The Hall–Kier alpha value is -3.66. The van der Waals surface area contributed by atoms with E-state index in [1.54, 1.807) is 6.08 Å². The number of aryl methyl sites for hydroxylation is 2. The van der Waals surface area contributed by atoms with Crippen LogP contribution in [-0.4, -0.2) is 15.3 Å². The van der Waals surface area contributed by atoms with Gasteiger partial charge in [-0.25, -0.2) is 4.98 Å². The fraction of sp³-hybridized carbons (Fsp3) is 0.185. The molecule has 0 spiro atoms. The molecule has 0 saturated heterocycles. The van der Waals surface area contributed by atoms with Crippen LogP contribution in [0.5, 0.6) is 0 Å². The number of para-hydroxylation sites is 1. The summed E-state index contributed by atoms with van der Waals surface area (Å²) in [6, 6.07) is 20.3. The SMILES string of the molecule is Cc1ccc(-c2nc3cc(C)ccn3c2/C=C/C(=O)Nc2ccccc2C(C)C)cc1. The zero-order valence-corrected chi connectivity index (χ0v) is 18.4. The summed E-state index contributed by atoms with van der Waals surface area (Å²) in [5.74, 6) is 0.167. The number of imidazole rings is 1. The van der Waals surface area contributed by atoms with Crippen molar-refractivity contribution in [2.24, 2.45) is 0 Å².